The molecule has 1 aliphatic heterocycles. The van der Waals surface area contributed by atoms with Crippen molar-refractivity contribution in [3.05, 3.63) is 24.3 Å². The predicted octanol–water partition coefficient (Wildman–Crippen LogP) is 1.46. The van der Waals surface area contributed by atoms with Crippen molar-refractivity contribution in [2.75, 3.05) is 37.4 Å². The summed E-state index contributed by atoms with van der Waals surface area (Å²) in [6, 6.07) is 7.97. The van der Waals surface area contributed by atoms with Gasteiger partial charge in [-0.2, -0.15) is 0 Å². The average molecular weight is 298 g/mol. The highest BCUT2D eigenvalue weighted by Gasteiger charge is 2.23. The van der Waals surface area contributed by atoms with E-state index in [0.717, 1.165) is 30.9 Å². The first kappa shape index (κ1) is 15.1. The number of hydrogen-bond acceptors (Lipinski definition) is 4. The maximum atomic E-state index is 11.4. The van der Waals surface area contributed by atoms with Crippen LogP contribution in [0.15, 0.2) is 24.3 Å². The van der Waals surface area contributed by atoms with Crippen molar-refractivity contribution in [1.82, 2.24) is 4.72 Å². The van der Waals surface area contributed by atoms with Crippen LogP contribution in [-0.2, 0) is 10.0 Å². The molecule has 6 heteroatoms. The van der Waals surface area contributed by atoms with E-state index in [-0.39, 0.29) is 5.75 Å². The Morgan fingerprint density at radius 2 is 2.05 bits per heavy atom. The van der Waals surface area contributed by atoms with Gasteiger partial charge in [-0.1, -0.05) is 0 Å². The topological polar surface area (TPSA) is 58.6 Å². The molecule has 1 aliphatic rings. The molecule has 112 valence electrons. The molecule has 0 saturated carbocycles. The van der Waals surface area contributed by atoms with Gasteiger partial charge < -0.3 is 9.64 Å². The summed E-state index contributed by atoms with van der Waals surface area (Å²) in [6.07, 6.45) is 1.01. The molecule has 2 rings (SSSR count). The number of methoxy groups -OCH3 is 1. The molecule has 1 unspecified atom stereocenters. The van der Waals surface area contributed by atoms with E-state index < -0.39 is 10.0 Å². The molecule has 1 aromatic carbocycles. The van der Waals surface area contributed by atoms with E-state index in [1.54, 1.807) is 14.0 Å². The summed E-state index contributed by atoms with van der Waals surface area (Å²) < 4.78 is 30.7. The van der Waals surface area contributed by atoms with Crippen molar-refractivity contribution in [3.8, 4) is 5.75 Å². The summed E-state index contributed by atoms with van der Waals surface area (Å²) in [5.74, 6) is 1.36. The lowest BCUT2D eigenvalue weighted by atomic mass is 10.1. The van der Waals surface area contributed by atoms with Crippen molar-refractivity contribution in [2.45, 2.75) is 13.3 Å². The lowest BCUT2D eigenvalue weighted by molar-refractivity contribution is 0.415. The van der Waals surface area contributed by atoms with Gasteiger partial charge in [0.05, 0.1) is 12.9 Å². The van der Waals surface area contributed by atoms with Crippen LogP contribution in [0.4, 0.5) is 5.69 Å². The van der Waals surface area contributed by atoms with Crippen LogP contribution < -0.4 is 14.4 Å². The summed E-state index contributed by atoms with van der Waals surface area (Å²) in [5, 5.41) is 0. The molecule has 0 bridgehead atoms. The Bertz CT molecular complexity index is 528. The number of hydrogen-bond donors (Lipinski definition) is 1. The van der Waals surface area contributed by atoms with Crippen LogP contribution in [0.1, 0.15) is 13.3 Å². The summed E-state index contributed by atoms with van der Waals surface area (Å²) in [5.41, 5.74) is 1.16. The molecular weight excluding hydrogens is 276 g/mol. The SMILES string of the molecule is CCS(=O)(=O)NCC1CCN(c2ccc(OC)cc2)C1. The molecule has 20 heavy (non-hydrogen) atoms. The van der Waals surface area contributed by atoms with Gasteiger partial charge >= 0.3 is 0 Å². The minimum atomic E-state index is -3.08. The Morgan fingerprint density at radius 1 is 1.35 bits per heavy atom. The molecule has 1 N–H and O–H groups in total. The van der Waals surface area contributed by atoms with E-state index >= 15 is 0 Å². The van der Waals surface area contributed by atoms with Gasteiger partial charge in [-0.05, 0) is 43.5 Å². The zero-order chi connectivity index (χ0) is 14.6. The minimum Gasteiger partial charge on any atom is -0.497 e. The van der Waals surface area contributed by atoms with E-state index in [1.807, 2.05) is 24.3 Å². The second-order valence-electron chi connectivity index (χ2n) is 5.05. The van der Waals surface area contributed by atoms with Crippen molar-refractivity contribution < 1.29 is 13.2 Å². The minimum absolute atomic E-state index is 0.141. The Kier molecular flexibility index (Phi) is 4.88. The Labute approximate surface area is 121 Å². The molecular formula is C14H22N2O3S. The summed E-state index contributed by atoms with van der Waals surface area (Å²) in [6.45, 7) is 4.03. The van der Waals surface area contributed by atoms with Crippen LogP contribution in [0.2, 0.25) is 0 Å². The molecule has 0 spiro atoms. The molecule has 1 atom stereocenters. The van der Waals surface area contributed by atoms with E-state index in [4.69, 9.17) is 4.74 Å². The summed E-state index contributed by atoms with van der Waals surface area (Å²) in [4.78, 5) is 2.28. The normalized spacial score (nSPS) is 19.3. The van der Waals surface area contributed by atoms with Crippen LogP contribution >= 0.6 is 0 Å². The molecule has 5 nitrogen and oxygen atoms in total. The first-order valence-electron chi connectivity index (χ1n) is 6.90. The van der Waals surface area contributed by atoms with Crippen LogP contribution in [0, 0.1) is 5.92 Å². The molecule has 1 heterocycles. The van der Waals surface area contributed by atoms with Crippen molar-refractivity contribution in [3.63, 3.8) is 0 Å². The number of ether oxygens (including phenoxy) is 1. The highest BCUT2D eigenvalue weighted by molar-refractivity contribution is 7.89. The lowest BCUT2D eigenvalue weighted by Crippen LogP contribution is -2.32. The zero-order valence-corrected chi connectivity index (χ0v) is 12.8. The smallest absolute Gasteiger partial charge is 0.211 e. The van der Waals surface area contributed by atoms with Gasteiger partial charge in [-0.15, -0.1) is 0 Å². The van der Waals surface area contributed by atoms with Crippen LogP contribution in [0.5, 0.6) is 5.75 Å². The molecule has 0 aromatic heterocycles. The number of nitrogens with zero attached hydrogens (tertiary/aromatic N) is 1. The summed E-state index contributed by atoms with van der Waals surface area (Å²) in [7, 11) is -1.43. The number of sulfonamides is 1. The number of anilines is 1. The average Bonchev–Trinajstić information content (AvgIpc) is 2.94. The quantitative estimate of drug-likeness (QED) is 0.864. The van der Waals surface area contributed by atoms with Crippen LogP contribution in [0.3, 0.4) is 0 Å². The fraction of sp³-hybridized carbons (Fsp3) is 0.571. The van der Waals surface area contributed by atoms with Gasteiger partial charge in [-0.25, -0.2) is 13.1 Å². The molecule has 1 fully saturated rings. The predicted molar refractivity (Wildman–Crippen MR) is 80.8 cm³/mol. The highest BCUT2D eigenvalue weighted by atomic mass is 32.2. The molecule has 0 radical (unpaired) electrons. The number of benzene rings is 1. The van der Waals surface area contributed by atoms with E-state index in [1.165, 1.54) is 0 Å². The van der Waals surface area contributed by atoms with Gasteiger partial charge in [0.25, 0.3) is 0 Å². The van der Waals surface area contributed by atoms with E-state index in [9.17, 15) is 8.42 Å². The third kappa shape index (κ3) is 3.86. The van der Waals surface area contributed by atoms with Crippen LogP contribution in [-0.4, -0.2) is 40.9 Å². The van der Waals surface area contributed by atoms with Gasteiger partial charge in [0, 0.05) is 25.3 Å². The third-order valence-corrected chi connectivity index (χ3v) is 5.06. The first-order chi connectivity index (χ1) is 9.54. The third-order valence-electron chi connectivity index (χ3n) is 3.70. The second-order valence-corrected chi connectivity index (χ2v) is 7.15. The summed E-state index contributed by atoms with van der Waals surface area (Å²) >= 11 is 0. The van der Waals surface area contributed by atoms with Crippen molar-refractivity contribution in [2.24, 2.45) is 5.92 Å². The number of nitrogens with one attached hydrogen (secondary N) is 1. The first-order valence-corrected chi connectivity index (χ1v) is 8.55. The Hall–Kier alpha value is -1.27. The highest BCUT2D eigenvalue weighted by Crippen LogP contribution is 2.25. The monoisotopic (exact) mass is 298 g/mol. The van der Waals surface area contributed by atoms with Crippen LogP contribution in [0.25, 0.3) is 0 Å². The Balaban J connectivity index is 1.88. The van der Waals surface area contributed by atoms with Crippen molar-refractivity contribution in [1.29, 1.82) is 0 Å². The van der Waals surface area contributed by atoms with Gasteiger partial charge in [0.15, 0.2) is 0 Å². The fourth-order valence-corrected chi connectivity index (χ4v) is 3.07. The second kappa shape index (κ2) is 6.45. The molecule has 1 saturated heterocycles. The molecule has 0 amide bonds. The van der Waals surface area contributed by atoms with E-state index in [2.05, 4.69) is 9.62 Å². The maximum Gasteiger partial charge on any atom is 0.211 e. The largest absolute Gasteiger partial charge is 0.497 e. The van der Waals surface area contributed by atoms with Crippen molar-refractivity contribution >= 4 is 15.7 Å². The maximum absolute atomic E-state index is 11.4. The molecule has 1 aromatic rings. The van der Waals surface area contributed by atoms with E-state index in [0.29, 0.717) is 12.5 Å². The lowest BCUT2D eigenvalue weighted by Gasteiger charge is -2.19. The molecule has 0 aliphatic carbocycles. The van der Waals surface area contributed by atoms with Gasteiger partial charge in [0.1, 0.15) is 5.75 Å². The van der Waals surface area contributed by atoms with Gasteiger partial charge in [-0.3, -0.25) is 0 Å². The standard InChI is InChI=1S/C14H22N2O3S/c1-3-20(17,18)15-10-12-8-9-16(11-12)13-4-6-14(19-2)7-5-13/h4-7,12,15H,3,8-11H2,1-2H3. The van der Waals surface area contributed by atoms with Gasteiger partial charge in [0.2, 0.25) is 10.0 Å². The zero-order valence-electron chi connectivity index (χ0n) is 12.0. The number of rotatable bonds is 6. The fourth-order valence-electron chi connectivity index (χ4n) is 2.37. The Morgan fingerprint density at radius 3 is 2.65 bits per heavy atom.